The minimum Gasteiger partial charge on any atom is -0.480 e. The van der Waals surface area contributed by atoms with E-state index in [9.17, 15) is 24.3 Å². The lowest BCUT2D eigenvalue weighted by Gasteiger charge is -2.22. The molecule has 0 aliphatic carbocycles. The number of anilines is 1. The van der Waals surface area contributed by atoms with Gasteiger partial charge in [-0.1, -0.05) is 30.3 Å². The zero-order chi connectivity index (χ0) is 18.7. The third-order valence-electron chi connectivity index (χ3n) is 4.12. The Labute approximate surface area is 149 Å². The fourth-order valence-corrected chi connectivity index (χ4v) is 2.87. The van der Waals surface area contributed by atoms with Crippen LogP contribution in [0, 0.1) is 0 Å². The van der Waals surface area contributed by atoms with Gasteiger partial charge in [0.15, 0.2) is 0 Å². The zero-order valence-electron chi connectivity index (χ0n) is 13.7. The SMILES string of the molecule is O=C(CCC(C(=O)O)N1C(=O)c2ccccc2C1=O)Nc1ccccc1. The summed E-state index contributed by atoms with van der Waals surface area (Å²) in [4.78, 5) is 49.2. The Kier molecular flexibility index (Phi) is 4.79. The highest BCUT2D eigenvalue weighted by molar-refractivity contribution is 6.22. The Bertz CT molecular complexity index is 844. The molecule has 0 saturated carbocycles. The van der Waals surface area contributed by atoms with Gasteiger partial charge in [-0.05, 0) is 30.7 Å². The van der Waals surface area contributed by atoms with E-state index >= 15 is 0 Å². The van der Waals surface area contributed by atoms with Gasteiger partial charge in [0.2, 0.25) is 5.91 Å². The molecule has 0 saturated heterocycles. The van der Waals surface area contributed by atoms with Gasteiger partial charge >= 0.3 is 5.97 Å². The van der Waals surface area contributed by atoms with Crippen molar-refractivity contribution in [1.82, 2.24) is 4.90 Å². The first-order valence-corrected chi connectivity index (χ1v) is 8.03. The Morgan fingerprint density at radius 3 is 2.00 bits per heavy atom. The van der Waals surface area contributed by atoms with Crippen LogP contribution in [0.5, 0.6) is 0 Å². The number of hydrogen-bond acceptors (Lipinski definition) is 4. The summed E-state index contributed by atoms with van der Waals surface area (Å²) in [7, 11) is 0. The van der Waals surface area contributed by atoms with E-state index in [4.69, 9.17) is 0 Å². The molecule has 0 radical (unpaired) electrons. The second-order valence-electron chi connectivity index (χ2n) is 5.83. The largest absolute Gasteiger partial charge is 0.480 e. The van der Waals surface area contributed by atoms with E-state index in [1.165, 1.54) is 12.1 Å². The third-order valence-corrected chi connectivity index (χ3v) is 4.12. The molecule has 2 N–H and O–H groups in total. The summed E-state index contributed by atoms with van der Waals surface area (Å²) >= 11 is 0. The van der Waals surface area contributed by atoms with E-state index in [1.807, 2.05) is 0 Å². The molecule has 3 amide bonds. The number of amides is 3. The van der Waals surface area contributed by atoms with Crippen LogP contribution >= 0.6 is 0 Å². The highest BCUT2D eigenvalue weighted by Gasteiger charge is 2.42. The van der Waals surface area contributed by atoms with Gasteiger partial charge in [0.05, 0.1) is 11.1 Å². The molecule has 1 heterocycles. The van der Waals surface area contributed by atoms with Crippen LogP contribution in [0.4, 0.5) is 5.69 Å². The van der Waals surface area contributed by atoms with Crippen molar-refractivity contribution in [2.45, 2.75) is 18.9 Å². The van der Waals surface area contributed by atoms with E-state index in [0.29, 0.717) is 5.69 Å². The Morgan fingerprint density at radius 2 is 1.46 bits per heavy atom. The van der Waals surface area contributed by atoms with Crippen LogP contribution in [-0.2, 0) is 9.59 Å². The number of carboxylic acids is 1. The predicted molar refractivity (Wildman–Crippen MR) is 92.7 cm³/mol. The summed E-state index contributed by atoms with van der Waals surface area (Å²) < 4.78 is 0. The maximum Gasteiger partial charge on any atom is 0.326 e. The fraction of sp³-hybridized carbons (Fsp3) is 0.158. The molecule has 2 aromatic rings. The molecule has 7 heteroatoms. The molecule has 2 aromatic carbocycles. The Hall–Kier alpha value is -3.48. The standard InChI is InChI=1S/C19H16N2O5/c22-16(20-12-6-2-1-3-7-12)11-10-15(19(25)26)21-17(23)13-8-4-5-9-14(13)18(21)24/h1-9,15H,10-11H2,(H,20,22)(H,25,26). The summed E-state index contributed by atoms with van der Waals surface area (Å²) in [5.74, 6) is -3.02. The van der Waals surface area contributed by atoms with Gasteiger partial charge in [0, 0.05) is 12.1 Å². The molecule has 7 nitrogen and oxygen atoms in total. The van der Waals surface area contributed by atoms with Crippen LogP contribution in [0.3, 0.4) is 0 Å². The number of aliphatic carboxylic acids is 1. The van der Waals surface area contributed by atoms with Crippen LogP contribution in [0.2, 0.25) is 0 Å². The van der Waals surface area contributed by atoms with Crippen molar-refractivity contribution in [3.63, 3.8) is 0 Å². The van der Waals surface area contributed by atoms with Gasteiger partial charge in [-0.2, -0.15) is 0 Å². The fourth-order valence-electron chi connectivity index (χ4n) is 2.87. The van der Waals surface area contributed by atoms with Crippen LogP contribution in [0.1, 0.15) is 33.6 Å². The average molecular weight is 352 g/mol. The molecule has 1 aliphatic rings. The lowest BCUT2D eigenvalue weighted by atomic mass is 10.1. The quantitative estimate of drug-likeness (QED) is 0.775. The average Bonchev–Trinajstić information content (AvgIpc) is 2.88. The zero-order valence-corrected chi connectivity index (χ0v) is 13.7. The van der Waals surface area contributed by atoms with Crippen molar-refractivity contribution in [2.75, 3.05) is 5.32 Å². The summed E-state index contributed by atoms with van der Waals surface area (Å²) in [5.41, 5.74) is 0.945. The van der Waals surface area contributed by atoms with Crippen molar-refractivity contribution in [3.05, 3.63) is 65.7 Å². The Morgan fingerprint density at radius 1 is 0.923 bits per heavy atom. The first-order chi connectivity index (χ1) is 12.5. The number of para-hydroxylation sites is 1. The number of benzene rings is 2. The van der Waals surface area contributed by atoms with Gasteiger partial charge in [0.1, 0.15) is 6.04 Å². The molecule has 1 atom stereocenters. The van der Waals surface area contributed by atoms with Crippen LogP contribution in [0.25, 0.3) is 0 Å². The molecule has 1 aliphatic heterocycles. The number of nitrogens with one attached hydrogen (secondary N) is 1. The predicted octanol–water partition coefficient (Wildman–Crippen LogP) is 2.15. The summed E-state index contributed by atoms with van der Waals surface area (Å²) in [6.45, 7) is 0. The van der Waals surface area contributed by atoms with Crippen molar-refractivity contribution in [3.8, 4) is 0 Å². The molecule has 0 spiro atoms. The number of nitrogens with zero attached hydrogens (tertiary/aromatic N) is 1. The molecule has 0 fully saturated rings. The smallest absolute Gasteiger partial charge is 0.326 e. The highest BCUT2D eigenvalue weighted by Crippen LogP contribution is 2.26. The molecule has 26 heavy (non-hydrogen) atoms. The van der Waals surface area contributed by atoms with Gasteiger partial charge in [-0.15, -0.1) is 0 Å². The number of carbonyl (C=O) groups is 4. The number of imide groups is 1. The van der Waals surface area contributed by atoms with Crippen LogP contribution in [-0.4, -0.2) is 39.7 Å². The van der Waals surface area contributed by atoms with Gasteiger partial charge in [-0.3, -0.25) is 19.3 Å². The maximum atomic E-state index is 12.4. The number of carboxylic acid groups (broad SMARTS) is 1. The number of fused-ring (bicyclic) bond motifs is 1. The highest BCUT2D eigenvalue weighted by atomic mass is 16.4. The third kappa shape index (κ3) is 3.32. The molecular formula is C19H16N2O5. The van der Waals surface area contributed by atoms with Gasteiger partial charge in [0.25, 0.3) is 11.8 Å². The molecule has 0 aromatic heterocycles. The lowest BCUT2D eigenvalue weighted by molar-refractivity contribution is -0.141. The summed E-state index contributed by atoms with van der Waals surface area (Å²) in [6.07, 6.45) is -0.307. The summed E-state index contributed by atoms with van der Waals surface area (Å²) in [5, 5.41) is 12.1. The number of rotatable bonds is 6. The van der Waals surface area contributed by atoms with E-state index in [1.54, 1.807) is 42.5 Å². The maximum absolute atomic E-state index is 12.4. The molecule has 1 unspecified atom stereocenters. The van der Waals surface area contributed by atoms with Crippen molar-refractivity contribution in [2.24, 2.45) is 0 Å². The molecule has 0 bridgehead atoms. The molecule has 3 rings (SSSR count). The topological polar surface area (TPSA) is 104 Å². The second kappa shape index (κ2) is 7.18. The minimum absolute atomic E-state index is 0.140. The monoisotopic (exact) mass is 352 g/mol. The first kappa shape index (κ1) is 17.3. The van der Waals surface area contributed by atoms with Gasteiger partial charge < -0.3 is 10.4 Å². The minimum atomic E-state index is -1.40. The van der Waals surface area contributed by atoms with E-state index < -0.39 is 23.8 Å². The van der Waals surface area contributed by atoms with Crippen molar-refractivity contribution >= 4 is 29.4 Å². The molecular weight excluding hydrogens is 336 g/mol. The van der Waals surface area contributed by atoms with Crippen molar-refractivity contribution < 1.29 is 24.3 Å². The number of hydrogen-bond donors (Lipinski definition) is 2. The van der Waals surface area contributed by atoms with Gasteiger partial charge in [-0.25, -0.2) is 4.79 Å². The summed E-state index contributed by atoms with van der Waals surface area (Å²) in [6, 6.07) is 13.5. The second-order valence-corrected chi connectivity index (χ2v) is 5.83. The normalized spacial score (nSPS) is 14.1. The number of carbonyl (C=O) groups excluding carboxylic acids is 3. The van der Waals surface area contributed by atoms with Crippen LogP contribution in [0.15, 0.2) is 54.6 Å². The first-order valence-electron chi connectivity index (χ1n) is 8.03. The van der Waals surface area contributed by atoms with E-state index in [-0.39, 0.29) is 29.9 Å². The van der Waals surface area contributed by atoms with E-state index in [2.05, 4.69) is 5.32 Å². The lowest BCUT2D eigenvalue weighted by Crippen LogP contribution is -2.45. The van der Waals surface area contributed by atoms with E-state index in [0.717, 1.165) is 4.90 Å². The Balaban J connectivity index is 1.71. The van der Waals surface area contributed by atoms with Crippen molar-refractivity contribution in [1.29, 1.82) is 0 Å². The molecule has 132 valence electrons. The van der Waals surface area contributed by atoms with Crippen LogP contribution < -0.4 is 5.32 Å².